The van der Waals surface area contributed by atoms with Gasteiger partial charge in [-0.3, -0.25) is 14.3 Å². The number of carboxylic acids is 1. The van der Waals surface area contributed by atoms with Gasteiger partial charge in [-0.1, -0.05) is 18.9 Å². The van der Waals surface area contributed by atoms with E-state index in [4.69, 9.17) is 5.11 Å². The smallest absolute Gasteiger partial charge is 0.305 e. The zero-order valence-corrected chi connectivity index (χ0v) is 13.5. The normalized spacial score (nSPS) is 16.3. The van der Waals surface area contributed by atoms with Crippen LogP contribution in [0.15, 0.2) is 29.8 Å². The van der Waals surface area contributed by atoms with Crippen molar-refractivity contribution in [3.05, 3.63) is 40.3 Å². The molecule has 122 valence electrons. The molecule has 2 heterocycles. The standard InChI is InChI=1S/C16H19N3O3S/c20-15(21)10-12(14-6-3-9-23-14)18-16(22)13-7-8-17-19(13)11-4-1-2-5-11/h3,6-9,11-12H,1-2,4-5,10H2,(H,18,22)(H,20,21). The summed E-state index contributed by atoms with van der Waals surface area (Å²) in [4.78, 5) is 24.5. The molecule has 0 radical (unpaired) electrons. The largest absolute Gasteiger partial charge is 0.481 e. The van der Waals surface area contributed by atoms with Crippen LogP contribution in [0.1, 0.15) is 59.6 Å². The topological polar surface area (TPSA) is 84.2 Å². The molecule has 1 fully saturated rings. The SMILES string of the molecule is O=C(O)CC(NC(=O)c1ccnn1C1CCCC1)c1cccs1. The van der Waals surface area contributed by atoms with Gasteiger partial charge >= 0.3 is 5.97 Å². The van der Waals surface area contributed by atoms with E-state index in [1.165, 1.54) is 11.3 Å². The fourth-order valence-electron chi connectivity index (χ4n) is 3.05. The molecule has 0 spiro atoms. The molecule has 3 rings (SSSR count). The van der Waals surface area contributed by atoms with Crippen molar-refractivity contribution in [1.82, 2.24) is 15.1 Å². The maximum atomic E-state index is 12.6. The monoisotopic (exact) mass is 333 g/mol. The van der Waals surface area contributed by atoms with Crippen LogP contribution in [0, 0.1) is 0 Å². The lowest BCUT2D eigenvalue weighted by molar-refractivity contribution is -0.137. The molecular formula is C16H19N3O3S. The van der Waals surface area contributed by atoms with Gasteiger partial charge in [0, 0.05) is 11.1 Å². The van der Waals surface area contributed by atoms with Gasteiger partial charge in [-0.05, 0) is 30.4 Å². The van der Waals surface area contributed by atoms with Crippen LogP contribution in [0.3, 0.4) is 0 Å². The molecule has 2 aromatic rings. The van der Waals surface area contributed by atoms with Gasteiger partial charge < -0.3 is 10.4 Å². The highest BCUT2D eigenvalue weighted by atomic mass is 32.1. The molecule has 23 heavy (non-hydrogen) atoms. The highest BCUT2D eigenvalue weighted by molar-refractivity contribution is 7.10. The molecule has 7 heteroatoms. The van der Waals surface area contributed by atoms with Gasteiger partial charge in [-0.2, -0.15) is 5.10 Å². The molecule has 1 amide bonds. The second-order valence-corrected chi connectivity index (χ2v) is 6.72. The number of nitrogens with zero attached hydrogens (tertiary/aromatic N) is 2. The number of amides is 1. The average Bonchev–Trinajstić information content (AvgIpc) is 3.25. The number of rotatable bonds is 6. The van der Waals surface area contributed by atoms with Gasteiger partial charge in [0.15, 0.2) is 0 Å². The fraction of sp³-hybridized carbons (Fsp3) is 0.438. The van der Waals surface area contributed by atoms with Crippen molar-refractivity contribution in [2.75, 3.05) is 0 Å². The Labute approximate surface area is 138 Å². The summed E-state index contributed by atoms with van der Waals surface area (Å²) in [6.45, 7) is 0. The van der Waals surface area contributed by atoms with Crippen LogP contribution in [-0.4, -0.2) is 26.8 Å². The lowest BCUT2D eigenvalue weighted by Gasteiger charge is -2.18. The molecule has 1 aliphatic rings. The minimum Gasteiger partial charge on any atom is -0.481 e. The van der Waals surface area contributed by atoms with Crippen molar-refractivity contribution in [2.45, 2.75) is 44.2 Å². The van der Waals surface area contributed by atoms with E-state index in [9.17, 15) is 9.59 Å². The van der Waals surface area contributed by atoms with Crippen LogP contribution in [0.4, 0.5) is 0 Å². The van der Waals surface area contributed by atoms with Gasteiger partial charge in [-0.15, -0.1) is 11.3 Å². The van der Waals surface area contributed by atoms with Crippen LogP contribution < -0.4 is 5.32 Å². The molecular weight excluding hydrogens is 314 g/mol. The number of hydrogen-bond acceptors (Lipinski definition) is 4. The van der Waals surface area contributed by atoms with Gasteiger partial charge in [0.2, 0.25) is 0 Å². The summed E-state index contributed by atoms with van der Waals surface area (Å²) >= 11 is 1.44. The second kappa shape index (κ2) is 6.95. The first-order valence-corrected chi connectivity index (χ1v) is 8.62. The van der Waals surface area contributed by atoms with E-state index in [1.807, 2.05) is 17.5 Å². The van der Waals surface area contributed by atoms with E-state index in [-0.39, 0.29) is 18.4 Å². The zero-order chi connectivity index (χ0) is 16.2. The number of carbonyl (C=O) groups is 2. The van der Waals surface area contributed by atoms with Gasteiger partial charge in [0.25, 0.3) is 5.91 Å². The third-order valence-corrected chi connectivity index (χ3v) is 5.13. The minimum atomic E-state index is -0.937. The molecule has 0 aliphatic heterocycles. The first-order valence-electron chi connectivity index (χ1n) is 7.74. The summed E-state index contributed by atoms with van der Waals surface area (Å²) in [6.07, 6.45) is 5.87. The Balaban J connectivity index is 1.77. The van der Waals surface area contributed by atoms with E-state index < -0.39 is 12.0 Å². The maximum Gasteiger partial charge on any atom is 0.305 e. The quantitative estimate of drug-likeness (QED) is 0.851. The Morgan fingerprint density at radius 3 is 2.83 bits per heavy atom. The number of nitrogens with one attached hydrogen (secondary N) is 1. The first-order chi connectivity index (χ1) is 11.1. The van der Waals surface area contributed by atoms with E-state index in [0.717, 1.165) is 30.6 Å². The summed E-state index contributed by atoms with van der Waals surface area (Å²) in [7, 11) is 0. The number of hydrogen-bond donors (Lipinski definition) is 2. The molecule has 1 unspecified atom stereocenters. The van der Waals surface area contributed by atoms with Crippen molar-refractivity contribution < 1.29 is 14.7 Å². The van der Waals surface area contributed by atoms with Gasteiger partial charge in [0.1, 0.15) is 5.69 Å². The molecule has 2 N–H and O–H groups in total. The first kappa shape index (κ1) is 15.7. The number of thiophene rings is 1. The summed E-state index contributed by atoms with van der Waals surface area (Å²) in [5.74, 6) is -1.21. The summed E-state index contributed by atoms with van der Waals surface area (Å²) in [5, 5.41) is 18.1. The molecule has 0 aromatic carbocycles. The number of aliphatic carboxylic acids is 1. The Morgan fingerprint density at radius 1 is 1.39 bits per heavy atom. The third kappa shape index (κ3) is 3.61. The number of carboxylic acid groups (broad SMARTS) is 1. The predicted octanol–water partition coefficient (Wildman–Crippen LogP) is 3.01. The molecule has 6 nitrogen and oxygen atoms in total. The minimum absolute atomic E-state index is 0.135. The molecule has 0 saturated heterocycles. The summed E-state index contributed by atoms with van der Waals surface area (Å²) in [6, 6.07) is 5.13. The van der Waals surface area contributed by atoms with Crippen molar-refractivity contribution in [3.63, 3.8) is 0 Å². The van der Waals surface area contributed by atoms with E-state index in [2.05, 4.69) is 10.4 Å². The molecule has 0 bridgehead atoms. The van der Waals surface area contributed by atoms with E-state index >= 15 is 0 Å². The van der Waals surface area contributed by atoms with Crippen LogP contribution >= 0.6 is 11.3 Å². The van der Waals surface area contributed by atoms with Crippen molar-refractivity contribution in [1.29, 1.82) is 0 Å². The Bertz CT molecular complexity index is 675. The van der Waals surface area contributed by atoms with Crippen LogP contribution in [-0.2, 0) is 4.79 Å². The number of aromatic nitrogens is 2. The molecule has 2 aromatic heterocycles. The van der Waals surface area contributed by atoms with E-state index in [0.29, 0.717) is 5.69 Å². The van der Waals surface area contributed by atoms with Crippen LogP contribution in [0.25, 0.3) is 0 Å². The molecule has 1 aliphatic carbocycles. The summed E-state index contributed by atoms with van der Waals surface area (Å²) < 4.78 is 1.79. The van der Waals surface area contributed by atoms with Gasteiger partial charge in [-0.25, -0.2) is 0 Å². The maximum absolute atomic E-state index is 12.6. The predicted molar refractivity (Wildman–Crippen MR) is 86.5 cm³/mol. The van der Waals surface area contributed by atoms with Crippen LogP contribution in [0.5, 0.6) is 0 Å². The lowest BCUT2D eigenvalue weighted by Crippen LogP contribution is -2.32. The Morgan fingerprint density at radius 2 is 2.17 bits per heavy atom. The highest BCUT2D eigenvalue weighted by Crippen LogP contribution is 2.30. The van der Waals surface area contributed by atoms with Crippen molar-refractivity contribution in [2.24, 2.45) is 0 Å². The Kier molecular flexibility index (Phi) is 4.76. The van der Waals surface area contributed by atoms with Crippen molar-refractivity contribution in [3.8, 4) is 0 Å². The number of carbonyl (C=O) groups excluding carboxylic acids is 1. The van der Waals surface area contributed by atoms with Crippen LogP contribution in [0.2, 0.25) is 0 Å². The lowest BCUT2D eigenvalue weighted by atomic mass is 10.1. The third-order valence-electron chi connectivity index (χ3n) is 4.14. The molecule has 1 atom stereocenters. The summed E-state index contributed by atoms with van der Waals surface area (Å²) in [5.41, 5.74) is 0.504. The average molecular weight is 333 g/mol. The second-order valence-electron chi connectivity index (χ2n) is 5.74. The van der Waals surface area contributed by atoms with E-state index in [1.54, 1.807) is 16.9 Å². The van der Waals surface area contributed by atoms with Crippen molar-refractivity contribution >= 4 is 23.2 Å². The van der Waals surface area contributed by atoms with Gasteiger partial charge in [0.05, 0.1) is 18.5 Å². The Hall–Kier alpha value is -2.15. The zero-order valence-electron chi connectivity index (χ0n) is 12.6. The fourth-order valence-corrected chi connectivity index (χ4v) is 3.83. The molecule has 1 saturated carbocycles. The highest BCUT2D eigenvalue weighted by Gasteiger charge is 2.25.